The fraction of sp³-hybridized carbons (Fsp3) is 0.231. The van der Waals surface area contributed by atoms with E-state index in [1.165, 1.54) is 11.3 Å². The van der Waals surface area contributed by atoms with Crippen LogP contribution in [-0.2, 0) is 12.8 Å². The molecule has 3 N–H and O–H groups in total. The number of halogens is 2. The number of amides is 1. The molecule has 4 nitrogen and oxygen atoms in total. The second-order valence-corrected chi connectivity index (χ2v) is 5.63. The third kappa shape index (κ3) is 2.24. The molecule has 2 aromatic rings. The van der Waals surface area contributed by atoms with E-state index in [0.717, 1.165) is 35.9 Å². The van der Waals surface area contributed by atoms with Gasteiger partial charge in [-0.15, -0.1) is 11.3 Å². The minimum absolute atomic E-state index is 0.266. The number of rotatable bonds is 2. The molecule has 20 heavy (non-hydrogen) atoms. The van der Waals surface area contributed by atoms with Crippen LogP contribution in [0.15, 0.2) is 12.1 Å². The molecule has 0 aliphatic heterocycles. The molecule has 0 unspecified atom stereocenters. The summed E-state index contributed by atoms with van der Waals surface area (Å²) in [5.74, 6) is -2.51. The van der Waals surface area contributed by atoms with Crippen LogP contribution in [0.4, 0.5) is 19.6 Å². The Hall–Kier alpha value is -2.02. The topological polar surface area (TPSA) is 68.0 Å². The quantitative estimate of drug-likeness (QED) is 0.837. The zero-order valence-electron chi connectivity index (χ0n) is 10.4. The summed E-state index contributed by atoms with van der Waals surface area (Å²) >= 11 is 1.39. The van der Waals surface area contributed by atoms with E-state index in [4.69, 9.17) is 5.73 Å². The molecule has 1 aliphatic rings. The molecular formula is C13H11F2N3OS. The summed E-state index contributed by atoms with van der Waals surface area (Å²) in [4.78, 5) is 17.4. The number of nitrogens with zero attached hydrogens (tertiary/aromatic N) is 1. The van der Waals surface area contributed by atoms with Crippen molar-refractivity contribution in [2.45, 2.75) is 19.3 Å². The molecule has 7 heteroatoms. The van der Waals surface area contributed by atoms with Crippen LogP contribution in [0.5, 0.6) is 0 Å². The van der Waals surface area contributed by atoms with Crippen LogP contribution in [0.2, 0.25) is 0 Å². The highest BCUT2D eigenvalue weighted by molar-refractivity contribution is 7.15. The van der Waals surface area contributed by atoms with Crippen LogP contribution in [0, 0.1) is 11.6 Å². The molecule has 0 fully saturated rings. The molecule has 3 rings (SSSR count). The van der Waals surface area contributed by atoms with Crippen molar-refractivity contribution in [3.05, 3.63) is 39.9 Å². The lowest BCUT2D eigenvalue weighted by atomic mass is 10.1. The van der Waals surface area contributed by atoms with Gasteiger partial charge in [0.2, 0.25) is 0 Å². The van der Waals surface area contributed by atoms with E-state index in [1.807, 2.05) is 0 Å². The molecule has 0 saturated heterocycles. The van der Waals surface area contributed by atoms with E-state index < -0.39 is 17.5 Å². The number of anilines is 2. The number of carbonyl (C=O) groups is 1. The third-order valence-electron chi connectivity index (χ3n) is 3.15. The Morgan fingerprint density at radius 1 is 1.30 bits per heavy atom. The smallest absolute Gasteiger partial charge is 0.260 e. The molecular weight excluding hydrogens is 284 g/mol. The number of aryl methyl sites for hydroxylation is 2. The molecule has 1 heterocycles. The van der Waals surface area contributed by atoms with Crippen LogP contribution in [0.1, 0.15) is 27.3 Å². The van der Waals surface area contributed by atoms with Gasteiger partial charge in [0.05, 0.1) is 16.9 Å². The standard InChI is InChI=1S/C13H11F2N3OS/c14-7-5-8(15)9(16)4-6(7)12(19)18-13-17-10-2-1-3-11(10)20-13/h4-5H,1-3,16H2,(H,17,18,19). The molecule has 0 radical (unpaired) electrons. The second-order valence-electron chi connectivity index (χ2n) is 4.55. The molecule has 1 amide bonds. The zero-order valence-corrected chi connectivity index (χ0v) is 11.2. The predicted octanol–water partition coefficient (Wildman–Crippen LogP) is 2.74. The molecule has 0 spiro atoms. The minimum atomic E-state index is -0.946. The van der Waals surface area contributed by atoms with Crippen LogP contribution in [0.3, 0.4) is 0 Å². The summed E-state index contributed by atoms with van der Waals surface area (Å²) in [5, 5.41) is 2.96. The maximum absolute atomic E-state index is 13.6. The fourth-order valence-corrected chi connectivity index (χ4v) is 3.19. The monoisotopic (exact) mass is 295 g/mol. The molecule has 0 bridgehead atoms. The summed E-state index contributed by atoms with van der Waals surface area (Å²) in [7, 11) is 0. The molecule has 1 aromatic carbocycles. The van der Waals surface area contributed by atoms with Gasteiger partial charge < -0.3 is 5.73 Å². The lowest BCUT2D eigenvalue weighted by molar-refractivity contribution is 0.102. The number of thiazole rings is 1. The van der Waals surface area contributed by atoms with Crippen molar-refractivity contribution >= 4 is 28.1 Å². The maximum atomic E-state index is 13.6. The summed E-state index contributed by atoms with van der Waals surface area (Å²) < 4.78 is 26.6. The van der Waals surface area contributed by atoms with E-state index in [1.54, 1.807) is 0 Å². The second kappa shape index (κ2) is 4.82. The lowest BCUT2D eigenvalue weighted by Gasteiger charge is -2.05. The van der Waals surface area contributed by atoms with E-state index in [2.05, 4.69) is 10.3 Å². The van der Waals surface area contributed by atoms with Gasteiger partial charge in [0.25, 0.3) is 5.91 Å². The lowest BCUT2D eigenvalue weighted by Crippen LogP contribution is -2.14. The van der Waals surface area contributed by atoms with Crippen molar-refractivity contribution in [3.8, 4) is 0 Å². The molecule has 1 aromatic heterocycles. The summed E-state index contributed by atoms with van der Waals surface area (Å²) in [6, 6.07) is 1.59. The molecule has 1 aliphatic carbocycles. The van der Waals surface area contributed by atoms with Gasteiger partial charge in [-0.3, -0.25) is 10.1 Å². The molecule has 0 atom stereocenters. The Kier molecular flexibility index (Phi) is 3.13. The van der Waals surface area contributed by atoms with Crippen molar-refractivity contribution < 1.29 is 13.6 Å². The predicted molar refractivity (Wildman–Crippen MR) is 72.9 cm³/mol. The first kappa shape index (κ1) is 13.0. The van der Waals surface area contributed by atoms with E-state index in [-0.39, 0.29) is 11.3 Å². The van der Waals surface area contributed by atoms with Crippen LogP contribution < -0.4 is 11.1 Å². The van der Waals surface area contributed by atoms with Gasteiger partial charge in [-0.1, -0.05) is 0 Å². The number of fused-ring (bicyclic) bond motifs is 1. The van der Waals surface area contributed by atoms with Gasteiger partial charge >= 0.3 is 0 Å². The Morgan fingerprint density at radius 2 is 2.10 bits per heavy atom. The van der Waals surface area contributed by atoms with Gasteiger partial charge in [-0.25, -0.2) is 13.8 Å². The van der Waals surface area contributed by atoms with Gasteiger partial charge in [-0.2, -0.15) is 0 Å². The zero-order chi connectivity index (χ0) is 14.3. The van der Waals surface area contributed by atoms with Crippen LogP contribution in [0.25, 0.3) is 0 Å². The molecule has 104 valence electrons. The Labute approximate surface area is 117 Å². The third-order valence-corrected chi connectivity index (χ3v) is 4.22. The number of hydrogen-bond acceptors (Lipinski definition) is 4. The number of benzene rings is 1. The van der Waals surface area contributed by atoms with E-state index in [0.29, 0.717) is 11.2 Å². The average molecular weight is 295 g/mol. The van der Waals surface area contributed by atoms with Gasteiger partial charge in [0.1, 0.15) is 11.6 Å². The Bertz CT molecular complexity index is 678. The van der Waals surface area contributed by atoms with Gasteiger partial charge in [-0.05, 0) is 25.3 Å². The Morgan fingerprint density at radius 3 is 2.85 bits per heavy atom. The fourth-order valence-electron chi connectivity index (χ4n) is 2.15. The van der Waals surface area contributed by atoms with Crippen molar-refractivity contribution in [1.82, 2.24) is 4.98 Å². The van der Waals surface area contributed by atoms with Gasteiger partial charge in [0, 0.05) is 10.9 Å². The SMILES string of the molecule is Nc1cc(C(=O)Nc2nc3c(s2)CCC3)c(F)cc1F. The molecule has 0 saturated carbocycles. The average Bonchev–Trinajstić information content (AvgIpc) is 2.94. The Balaban J connectivity index is 1.84. The number of nitrogens with two attached hydrogens (primary N) is 1. The van der Waals surface area contributed by atoms with E-state index >= 15 is 0 Å². The number of nitrogens with one attached hydrogen (secondary N) is 1. The van der Waals surface area contributed by atoms with Crippen molar-refractivity contribution in [3.63, 3.8) is 0 Å². The van der Waals surface area contributed by atoms with Crippen LogP contribution in [-0.4, -0.2) is 10.9 Å². The normalized spacial score (nSPS) is 13.3. The van der Waals surface area contributed by atoms with Crippen molar-refractivity contribution in [2.75, 3.05) is 11.1 Å². The maximum Gasteiger partial charge on any atom is 0.260 e. The van der Waals surface area contributed by atoms with Gasteiger partial charge in [0.15, 0.2) is 5.13 Å². The van der Waals surface area contributed by atoms with Crippen LogP contribution >= 0.6 is 11.3 Å². The number of aromatic nitrogens is 1. The minimum Gasteiger partial charge on any atom is -0.396 e. The first-order valence-corrected chi connectivity index (χ1v) is 6.90. The summed E-state index contributed by atoms with van der Waals surface area (Å²) in [5.41, 5.74) is 5.78. The highest BCUT2D eigenvalue weighted by Gasteiger charge is 2.20. The summed E-state index contributed by atoms with van der Waals surface area (Å²) in [6.45, 7) is 0. The highest BCUT2D eigenvalue weighted by atomic mass is 32.1. The largest absolute Gasteiger partial charge is 0.396 e. The number of carbonyl (C=O) groups excluding carboxylic acids is 1. The van der Waals surface area contributed by atoms with Crippen molar-refractivity contribution in [2.24, 2.45) is 0 Å². The number of nitrogen functional groups attached to an aromatic ring is 1. The first-order valence-electron chi connectivity index (χ1n) is 6.09. The number of hydrogen-bond donors (Lipinski definition) is 2. The summed E-state index contributed by atoms with van der Waals surface area (Å²) in [6.07, 6.45) is 2.94. The van der Waals surface area contributed by atoms with Crippen molar-refractivity contribution in [1.29, 1.82) is 0 Å². The van der Waals surface area contributed by atoms with E-state index in [9.17, 15) is 13.6 Å². The first-order chi connectivity index (χ1) is 9.54. The highest BCUT2D eigenvalue weighted by Crippen LogP contribution is 2.30.